The van der Waals surface area contributed by atoms with E-state index < -0.39 is 0 Å². The van der Waals surface area contributed by atoms with Crippen LogP contribution in [-0.2, 0) is 10.2 Å². The molecule has 0 radical (unpaired) electrons. The molecule has 4 rings (SSSR count). The lowest BCUT2D eigenvalue weighted by molar-refractivity contribution is 0.0553. The van der Waals surface area contributed by atoms with Crippen molar-refractivity contribution < 1.29 is 11.0 Å². The molecule has 2 fully saturated rings. The molecule has 0 bridgehead atoms. The van der Waals surface area contributed by atoms with Gasteiger partial charge in [-0.1, -0.05) is 30.8 Å². The van der Waals surface area contributed by atoms with E-state index in [-0.39, 0.29) is 7.52 Å². The Kier molecular flexibility index (Phi) is 5.86. The first-order valence-electron chi connectivity index (χ1n) is 11.2. The molecule has 29 heavy (non-hydrogen) atoms. The number of hydrogen-bond acceptors (Lipinski definition) is 4. The Morgan fingerprint density at radius 2 is 1.93 bits per heavy atom. The van der Waals surface area contributed by atoms with Crippen LogP contribution >= 0.6 is 0 Å². The van der Waals surface area contributed by atoms with E-state index in [0.717, 1.165) is 44.7 Å². The molecule has 1 aromatic carbocycles. The Morgan fingerprint density at radius 3 is 2.59 bits per heavy atom. The number of piperidine rings is 2. The van der Waals surface area contributed by atoms with Crippen LogP contribution in [0.4, 0.5) is 4.79 Å². The molecule has 160 valence electrons. The molecule has 5 heteroatoms. The number of nitrogens with zero attached hydrogens (tertiary/aromatic N) is 2. The van der Waals surface area contributed by atoms with Gasteiger partial charge in [0.25, 0.3) is 0 Å². The molecular formula is C24H37N3O2. The lowest BCUT2D eigenvalue weighted by Gasteiger charge is -2.45. The molecule has 1 aromatic rings. The zero-order valence-corrected chi connectivity index (χ0v) is 18.0. The highest BCUT2D eigenvalue weighted by Crippen LogP contribution is 2.51. The number of nitrogens with one attached hydrogen (secondary N) is 1. The van der Waals surface area contributed by atoms with Gasteiger partial charge in [-0.3, -0.25) is 0 Å². The maximum Gasteiger partial charge on any atom is 0.409 e. The summed E-state index contributed by atoms with van der Waals surface area (Å²) in [4.78, 5) is 16.5. The number of ether oxygens (including phenoxy) is 1. The molecule has 0 aromatic heterocycles. The second-order valence-corrected chi connectivity index (χ2v) is 9.00. The van der Waals surface area contributed by atoms with Crippen LogP contribution in [0.3, 0.4) is 0 Å². The highest BCUT2D eigenvalue weighted by molar-refractivity contribution is 5.67. The number of carbonyl (C=O) groups is 1. The first kappa shape index (κ1) is 20.3. The second kappa shape index (κ2) is 8.39. The minimum Gasteiger partial charge on any atom is -0.450 e. The Labute approximate surface area is 176 Å². The van der Waals surface area contributed by atoms with Crippen LogP contribution in [0.15, 0.2) is 36.5 Å². The van der Waals surface area contributed by atoms with E-state index in [1.54, 1.807) is 5.56 Å². The van der Waals surface area contributed by atoms with Gasteiger partial charge in [-0.05, 0) is 70.2 Å². The van der Waals surface area contributed by atoms with Crippen molar-refractivity contribution in [1.29, 1.82) is 0 Å². The largest absolute Gasteiger partial charge is 0.450 e. The Balaban J connectivity index is 0.00000256. The number of rotatable bonds is 4. The third-order valence-corrected chi connectivity index (χ3v) is 7.19. The van der Waals surface area contributed by atoms with Gasteiger partial charge < -0.3 is 19.9 Å². The highest BCUT2D eigenvalue weighted by Gasteiger charge is 2.46. The normalized spacial score (nSPS) is 24.3. The molecule has 2 aliphatic heterocycles. The number of carbonyl (C=O) groups excluding carboxylic acids is 1. The molecule has 1 N–H and O–H groups in total. The number of benzene rings is 1. The van der Waals surface area contributed by atoms with E-state index in [0.29, 0.717) is 24.1 Å². The molecule has 2 heterocycles. The van der Waals surface area contributed by atoms with Crippen molar-refractivity contribution >= 4 is 6.09 Å². The van der Waals surface area contributed by atoms with Gasteiger partial charge >= 0.3 is 6.09 Å². The van der Waals surface area contributed by atoms with E-state index in [2.05, 4.69) is 48.0 Å². The molecule has 1 aliphatic carbocycles. The Morgan fingerprint density at radius 1 is 1.24 bits per heavy atom. The van der Waals surface area contributed by atoms with Crippen molar-refractivity contribution in [3.8, 4) is 0 Å². The SMILES string of the molecule is C=C(C)N[C@@H]1CC2(CCN(C3CCN(C(=O)OCC)CC3)CC2)c2ccccc21.[HH]. The second-order valence-electron chi connectivity index (χ2n) is 9.00. The average molecular weight is 400 g/mol. The van der Waals surface area contributed by atoms with Crippen LogP contribution in [0.1, 0.15) is 64.5 Å². The minimum atomic E-state index is -0.151. The smallest absolute Gasteiger partial charge is 0.409 e. The first-order chi connectivity index (χ1) is 14.0. The first-order valence-corrected chi connectivity index (χ1v) is 11.2. The summed E-state index contributed by atoms with van der Waals surface area (Å²) in [7, 11) is 0. The Hall–Kier alpha value is -2.01. The van der Waals surface area contributed by atoms with Crippen molar-refractivity contribution in [2.24, 2.45) is 0 Å². The summed E-state index contributed by atoms with van der Waals surface area (Å²) in [6, 6.07) is 9.99. The van der Waals surface area contributed by atoms with E-state index in [1.165, 1.54) is 24.8 Å². The maximum atomic E-state index is 12.0. The van der Waals surface area contributed by atoms with Gasteiger partial charge in [0.05, 0.1) is 12.6 Å². The van der Waals surface area contributed by atoms with Crippen LogP contribution in [0.2, 0.25) is 0 Å². The van der Waals surface area contributed by atoms with Crippen LogP contribution in [0.25, 0.3) is 0 Å². The van der Waals surface area contributed by atoms with E-state index in [1.807, 2.05) is 11.8 Å². The third-order valence-electron chi connectivity index (χ3n) is 7.19. The summed E-state index contributed by atoms with van der Waals surface area (Å²) in [6.07, 6.45) is 5.58. The fourth-order valence-electron chi connectivity index (χ4n) is 5.74. The van der Waals surface area contributed by atoms with Crippen molar-refractivity contribution in [1.82, 2.24) is 15.1 Å². The van der Waals surface area contributed by atoms with Crippen LogP contribution in [-0.4, -0.2) is 54.7 Å². The summed E-state index contributed by atoms with van der Waals surface area (Å²) in [5.41, 5.74) is 4.36. The fraction of sp³-hybridized carbons (Fsp3) is 0.625. The van der Waals surface area contributed by atoms with Gasteiger partial charge in [0.2, 0.25) is 0 Å². The molecule has 0 saturated carbocycles. The summed E-state index contributed by atoms with van der Waals surface area (Å²) in [5.74, 6) is 0. The van der Waals surface area contributed by atoms with Crippen molar-refractivity contribution in [3.05, 3.63) is 47.7 Å². The monoisotopic (exact) mass is 399 g/mol. The predicted octanol–water partition coefficient (Wildman–Crippen LogP) is 4.46. The highest BCUT2D eigenvalue weighted by atomic mass is 16.6. The number of amides is 1. The predicted molar refractivity (Wildman–Crippen MR) is 118 cm³/mol. The van der Waals surface area contributed by atoms with Crippen molar-refractivity contribution in [3.63, 3.8) is 0 Å². The van der Waals surface area contributed by atoms with Crippen LogP contribution < -0.4 is 5.32 Å². The summed E-state index contributed by atoms with van der Waals surface area (Å²) in [6.45, 7) is 12.4. The molecule has 5 nitrogen and oxygen atoms in total. The molecule has 1 atom stereocenters. The number of hydrogen-bond donors (Lipinski definition) is 1. The van der Waals surface area contributed by atoms with Gasteiger partial charge in [-0.25, -0.2) is 4.79 Å². The van der Waals surface area contributed by atoms with Crippen molar-refractivity contribution in [2.45, 2.75) is 63.5 Å². The topological polar surface area (TPSA) is 44.8 Å². The van der Waals surface area contributed by atoms with E-state index in [9.17, 15) is 4.79 Å². The maximum absolute atomic E-state index is 12.0. The number of fused-ring (bicyclic) bond motifs is 2. The lowest BCUT2D eigenvalue weighted by Crippen LogP contribution is -2.51. The lowest BCUT2D eigenvalue weighted by atomic mass is 9.73. The summed E-state index contributed by atoms with van der Waals surface area (Å²) >= 11 is 0. The van der Waals surface area contributed by atoms with Crippen molar-refractivity contribution in [2.75, 3.05) is 32.8 Å². The summed E-state index contributed by atoms with van der Waals surface area (Å²) < 4.78 is 5.16. The molecular weight excluding hydrogens is 362 g/mol. The fourth-order valence-corrected chi connectivity index (χ4v) is 5.74. The van der Waals surface area contributed by atoms with Gasteiger partial charge in [0.15, 0.2) is 0 Å². The van der Waals surface area contributed by atoms with Gasteiger partial charge in [0.1, 0.15) is 0 Å². The third kappa shape index (κ3) is 4.02. The molecule has 1 spiro atoms. The standard InChI is InChI=1S/C24H35N3O2.H2/c1-4-29-23(28)27-13-9-19(10-14-27)26-15-11-24(12-16-26)17-22(25-18(2)3)20-7-5-6-8-21(20)24;/h5-8,19,22,25H,2,4,9-17H2,1,3H3;1H/t22-;/m1./s1. The quantitative estimate of drug-likeness (QED) is 0.812. The summed E-state index contributed by atoms with van der Waals surface area (Å²) in [5, 5.41) is 3.61. The zero-order chi connectivity index (χ0) is 20.4. The molecule has 0 unspecified atom stereocenters. The van der Waals surface area contributed by atoms with Gasteiger partial charge in [0, 0.05) is 31.7 Å². The van der Waals surface area contributed by atoms with Gasteiger partial charge in [-0.15, -0.1) is 0 Å². The Bertz CT molecular complexity index is 753. The van der Waals surface area contributed by atoms with E-state index in [4.69, 9.17) is 4.74 Å². The number of likely N-dealkylation sites (tertiary alicyclic amines) is 2. The van der Waals surface area contributed by atoms with Gasteiger partial charge in [-0.2, -0.15) is 0 Å². The molecule has 3 aliphatic rings. The average Bonchev–Trinajstić information content (AvgIpc) is 3.02. The van der Waals surface area contributed by atoms with Crippen LogP contribution in [0.5, 0.6) is 0 Å². The molecule has 1 amide bonds. The van der Waals surface area contributed by atoms with Crippen LogP contribution in [0, 0.1) is 0 Å². The zero-order valence-electron chi connectivity index (χ0n) is 18.0. The molecule has 2 saturated heterocycles. The van der Waals surface area contributed by atoms with E-state index >= 15 is 0 Å². The number of allylic oxidation sites excluding steroid dienone is 1. The minimum absolute atomic E-state index is 0.